The van der Waals surface area contributed by atoms with E-state index in [9.17, 15) is 9.59 Å². The van der Waals surface area contributed by atoms with Crippen LogP contribution < -0.4 is 4.90 Å². The van der Waals surface area contributed by atoms with Crippen LogP contribution in [-0.2, 0) is 4.79 Å². The van der Waals surface area contributed by atoms with E-state index in [2.05, 4.69) is 4.98 Å². The van der Waals surface area contributed by atoms with Crippen molar-refractivity contribution >= 4 is 29.2 Å². The standard InChI is InChI=1S/C15H16ClN3O2/c16-13-6-5-10(8-17-13)18-14(20)12-7-9-3-1-2-4-11(9)19(12)15(18)21/h5-6,8-9,11-12H,1-4,7H2/t9-,11-,12+/m1/s1. The predicted octanol–water partition coefficient (Wildman–Crippen LogP) is 2.83. The molecule has 1 aromatic rings. The number of hydrogen-bond acceptors (Lipinski definition) is 3. The third kappa shape index (κ3) is 1.87. The third-order valence-electron chi connectivity index (χ3n) is 4.98. The second-order valence-electron chi connectivity index (χ2n) is 6.07. The Labute approximate surface area is 127 Å². The molecule has 110 valence electrons. The van der Waals surface area contributed by atoms with Gasteiger partial charge in [-0.3, -0.25) is 4.79 Å². The molecule has 0 unspecified atom stereocenters. The van der Waals surface area contributed by atoms with Crippen molar-refractivity contribution in [3.63, 3.8) is 0 Å². The highest BCUT2D eigenvalue weighted by Gasteiger charge is 2.55. The first kappa shape index (κ1) is 13.1. The molecule has 3 amide bonds. The van der Waals surface area contributed by atoms with Gasteiger partial charge in [0.05, 0.1) is 11.9 Å². The summed E-state index contributed by atoms with van der Waals surface area (Å²) in [6.45, 7) is 0. The van der Waals surface area contributed by atoms with Gasteiger partial charge in [0, 0.05) is 6.04 Å². The Hall–Kier alpha value is -1.62. The fourth-order valence-electron chi connectivity index (χ4n) is 4.05. The highest BCUT2D eigenvalue weighted by Crippen LogP contribution is 2.44. The Morgan fingerprint density at radius 1 is 1.19 bits per heavy atom. The average Bonchev–Trinajstić information content (AvgIpc) is 2.98. The van der Waals surface area contributed by atoms with Crippen LogP contribution in [0.3, 0.4) is 0 Å². The van der Waals surface area contributed by atoms with Crippen LogP contribution >= 0.6 is 11.6 Å². The van der Waals surface area contributed by atoms with Gasteiger partial charge in [-0.05, 0) is 37.3 Å². The fraction of sp³-hybridized carbons (Fsp3) is 0.533. The molecule has 1 aliphatic carbocycles. The quantitative estimate of drug-likeness (QED) is 0.592. The Bertz CT molecular complexity index is 603. The van der Waals surface area contributed by atoms with Crippen molar-refractivity contribution in [2.75, 3.05) is 4.90 Å². The predicted molar refractivity (Wildman–Crippen MR) is 78.1 cm³/mol. The molecule has 3 heterocycles. The molecule has 5 nitrogen and oxygen atoms in total. The van der Waals surface area contributed by atoms with E-state index in [1.807, 2.05) is 4.90 Å². The summed E-state index contributed by atoms with van der Waals surface area (Å²) in [4.78, 5) is 32.4. The van der Waals surface area contributed by atoms with Crippen LogP contribution in [0.2, 0.25) is 5.15 Å². The number of pyridine rings is 1. The van der Waals surface area contributed by atoms with Crippen molar-refractivity contribution in [2.24, 2.45) is 5.92 Å². The van der Waals surface area contributed by atoms with Gasteiger partial charge in [0.1, 0.15) is 11.2 Å². The van der Waals surface area contributed by atoms with Gasteiger partial charge >= 0.3 is 6.03 Å². The lowest BCUT2D eigenvalue weighted by Crippen LogP contribution is -2.41. The normalized spacial score (nSPS) is 31.6. The van der Waals surface area contributed by atoms with Gasteiger partial charge in [-0.2, -0.15) is 0 Å². The minimum atomic E-state index is -0.277. The van der Waals surface area contributed by atoms with Gasteiger partial charge in [0.25, 0.3) is 5.91 Å². The molecule has 1 saturated carbocycles. The van der Waals surface area contributed by atoms with Crippen molar-refractivity contribution in [3.8, 4) is 0 Å². The fourth-order valence-corrected chi connectivity index (χ4v) is 4.16. The Morgan fingerprint density at radius 2 is 2.00 bits per heavy atom. The lowest BCUT2D eigenvalue weighted by atomic mass is 9.84. The van der Waals surface area contributed by atoms with Crippen LogP contribution in [0.5, 0.6) is 0 Å². The first-order valence-electron chi connectivity index (χ1n) is 7.44. The number of amides is 3. The van der Waals surface area contributed by atoms with Gasteiger partial charge in [0.15, 0.2) is 0 Å². The number of hydrogen-bond donors (Lipinski definition) is 0. The van der Waals surface area contributed by atoms with Crippen LogP contribution in [0.25, 0.3) is 0 Å². The van der Waals surface area contributed by atoms with Crippen molar-refractivity contribution < 1.29 is 9.59 Å². The molecule has 0 radical (unpaired) electrons. The van der Waals surface area contributed by atoms with E-state index < -0.39 is 0 Å². The topological polar surface area (TPSA) is 53.5 Å². The second kappa shape index (κ2) is 4.70. The highest BCUT2D eigenvalue weighted by molar-refractivity contribution is 6.29. The minimum absolute atomic E-state index is 0.112. The molecule has 2 saturated heterocycles. The lowest BCUT2D eigenvalue weighted by Gasteiger charge is -2.30. The zero-order valence-corrected chi connectivity index (χ0v) is 12.3. The summed E-state index contributed by atoms with van der Waals surface area (Å²) in [6, 6.07) is 3.05. The van der Waals surface area contributed by atoms with E-state index in [-0.39, 0.29) is 24.0 Å². The van der Waals surface area contributed by atoms with Gasteiger partial charge < -0.3 is 4.90 Å². The molecule has 21 heavy (non-hydrogen) atoms. The molecule has 6 heteroatoms. The number of urea groups is 1. The molecule has 0 bridgehead atoms. The summed E-state index contributed by atoms with van der Waals surface area (Å²) in [6.07, 6.45) is 6.82. The van der Waals surface area contributed by atoms with Crippen molar-refractivity contribution in [1.82, 2.24) is 9.88 Å². The molecular weight excluding hydrogens is 290 g/mol. The molecule has 3 atom stereocenters. The van der Waals surface area contributed by atoms with Crippen LogP contribution in [-0.4, -0.2) is 33.9 Å². The van der Waals surface area contributed by atoms with Gasteiger partial charge in [0.2, 0.25) is 0 Å². The van der Waals surface area contributed by atoms with E-state index in [0.717, 1.165) is 25.7 Å². The number of aromatic nitrogens is 1. The largest absolute Gasteiger partial charge is 0.332 e. The first-order valence-corrected chi connectivity index (χ1v) is 7.82. The highest BCUT2D eigenvalue weighted by atomic mass is 35.5. The third-order valence-corrected chi connectivity index (χ3v) is 5.20. The monoisotopic (exact) mass is 305 g/mol. The second-order valence-corrected chi connectivity index (χ2v) is 6.45. The SMILES string of the molecule is O=C1[C@@H]2C[C@H]3CCCC[C@H]3N2C(=O)N1c1ccc(Cl)nc1. The summed E-state index contributed by atoms with van der Waals surface area (Å²) in [5.41, 5.74) is 0.510. The van der Waals surface area contributed by atoms with E-state index in [4.69, 9.17) is 11.6 Å². The molecule has 0 aromatic carbocycles. The smallest absolute Gasteiger partial charge is 0.309 e. The summed E-state index contributed by atoms with van der Waals surface area (Å²) in [7, 11) is 0. The molecule has 0 spiro atoms. The summed E-state index contributed by atoms with van der Waals surface area (Å²) < 4.78 is 0. The molecule has 0 N–H and O–H groups in total. The van der Waals surface area contributed by atoms with Crippen LogP contribution in [0.15, 0.2) is 18.3 Å². The molecule has 4 rings (SSSR count). The maximum absolute atomic E-state index is 12.7. The first-order chi connectivity index (χ1) is 10.2. The van der Waals surface area contributed by atoms with E-state index in [1.54, 1.807) is 12.1 Å². The number of carbonyl (C=O) groups excluding carboxylic acids is 2. The van der Waals surface area contributed by atoms with Crippen molar-refractivity contribution in [2.45, 2.75) is 44.2 Å². The van der Waals surface area contributed by atoms with Crippen LogP contribution in [0, 0.1) is 5.92 Å². The molecule has 3 fully saturated rings. The van der Waals surface area contributed by atoms with E-state index in [1.165, 1.54) is 17.5 Å². The number of carbonyl (C=O) groups is 2. The summed E-state index contributed by atoms with van der Waals surface area (Å²) in [5, 5.41) is 0.352. The van der Waals surface area contributed by atoms with Gasteiger partial charge in [-0.15, -0.1) is 0 Å². The van der Waals surface area contributed by atoms with Crippen LogP contribution in [0.4, 0.5) is 10.5 Å². The number of nitrogens with zero attached hydrogens (tertiary/aromatic N) is 3. The van der Waals surface area contributed by atoms with Gasteiger partial charge in [-0.25, -0.2) is 14.7 Å². The Balaban J connectivity index is 1.66. The number of anilines is 1. The molecule has 1 aromatic heterocycles. The maximum Gasteiger partial charge on any atom is 0.332 e. The van der Waals surface area contributed by atoms with E-state index in [0.29, 0.717) is 16.8 Å². The minimum Gasteiger partial charge on any atom is -0.309 e. The van der Waals surface area contributed by atoms with Crippen molar-refractivity contribution in [3.05, 3.63) is 23.5 Å². The average molecular weight is 306 g/mol. The Kier molecular flexibility index (Phi) is 2.92. The summed E-state index contributed by atoms with van der Waals surface area (Å²) in [5.74, 6) is 0.390. The number of fused-ring (bicyclic) bond motifs is 3. The zero-order chi connectivity index (χ0) is 14.6. The zero-order valence-electron chi connectivity index (χ0n) is 11.5. The number of imide groups is 1. The number of rotatable bonds is 1. The van der Waals surface area contributed by atoms with Gasteiger partial charge in [-0.1, -0.05) is 24.4 Å². The Morgan fingerprint density at radius 3 is 2.76 bits per heavy atom. The molecule has 2 aliphatic heterocycles. The summed E-state index contributed by atoms with van der Waals surface area (Å²) >= 11 is 5.77. The number of halogens is 1. The lowest BCUT2D eigenvalue weighted by molar-refractivity contribution is -0.119. The van der Waals surface area contributed by atoms with Crippen molar-refractivity contribution in [1.29, 1.82) is 0 Å². The molecular formula is C15H16ClN3O2. The van der Waals surface area contributed by atoms with E-state index >= 15 is 0 Å². The van der Waals surface area contributed by atoms with Crippen LogP contribution in [0.1, 0.15) is 32.1 Å². The molecule has 3 aliphatic rings. The maximum atomic E-state index is 12.7.